The minimum Gasteiger partial charge on any atom is -0.395 e. The van der Waals surface area contributed by atoms with Crippen LogP contribution in [0.25, 0.3) is 0 Å². The Labute approximate surface area is 88.3 Å². The molecule has 3 nitrogen and oxygen atoms in total. The van der Waals surface area contributed by atoms with E-state index in [0.717, 1.165) is 5.03 Å². The van der Waals surface area contributed by atoms with Gasteiger partial charge in [0.1, 0.15) is 11.1 Å². The molecule has 0 fully saturated rings. The zero-order valence-corrected chi connectivity index (χ0v) is 9.35. The molecular formula is C10H13N3S. The summed E-state index contributed by atoms with van der Waals surface area (Å²) in [5.41, 5.74) is 6.77. The third kappa shape index (κ3) is 2.64. The molecule has 0 saturated heterocycles. The van der Waals surface area contributed by atoms with Crippen LogP contribution >= 0.6 is 11.8 Å². The highest BCUT2D eigenvalue weighted by Gasteiger charge is 2.16. The maximum atomic E-state index is 8.77. The number of nitrogens with zero attached hydrogens (tertiary/aromatic N) is 2. The van der Waals surface area contributed by atoms with E-state index in [4.69, 9.17) is 11.0 Å². The van der Waals surface area contributed by atoms with Crippen molar-refractivity contribution in [3.63, 3.8) is 0 Å². The predicted molar refractivity (Wildman–Crippen MR) is 59.0 cm³/mol. The Morgan fingerprint density at radius 2 is 2.14 bits per heavy atom. The Morgan fingerprint density at radius 1 is 1.50 bits per heavy atom. The highest BCUT2D eigenvalue weighted by molar-refractivity contribution is 8.00. The van der Waals surface area contributed by atoms with Crippen molar-refractivity contribution < 1.29 is 0 Å². The van der Waals surface area contributed by atoms with Gasteiger partial charge in [-0.15, -0.1) is 0 Å². The van der Waals surface area contributed by atoms with Gasteiger partial charge in [-0.2, -0.15) is 5.26 Å². The third-order valence-corrected chi connectivity index (χ3v) is 2.61. The van der Waals surface area contributed by atoms with E-state index in [1.807, 2.05) is 6.07 Å². The lowest BCUT2D eigenvalue weighted by Crippen LogP contribution is -2.09. The van der Waals surface area contributed by atoms with Crippen LogP contribution in [0.4, 0.5) is 5.69 Å². The lowest BCUT2D eigenvalue weighted by Gasteiger charge is -2.17. The molecule has 0 amide bonds. The minimum absolute atomic E-state index is 0.0508. The van der Waals surface area contributed by atoms with E-state index in [2.05, 4.69) is 25.8 Å². The van der Waals surface area contributed by atoms with Gasteiger partial charge in [0.25, 0.3) is 0 Å². The zero-order valence-electron chi connectivity index (χ0n) is 8.53. The highest BCUT2D eigenvalue weighted by atomic mass is 32.2. The van der Waals surface area contributed by atoms with E-state index in [1.165, 1.54) is 0 Å². The molecule has 0 aliphatic heterocycles. The molecule has 0 radical (unpaired) electrons. The first kappa shape index (κ1) is 10.9. The molecule has 0 unspecified atom stereocenters. The van der Waals surface area contributed by atoms with Crippen molar-refractivity contribution in [1.29, 1.82) is 5.26 Å². The number of nitriles is 1. The monoisotopic (exact) mass is 207 g/mol. The molecule has 1 rings (SSSR count). The topological polar surface area (TPSA) is 62.7 Å². The van der Waals surface area contributed by atoms with E-state index >= 15 is 0 Å². The van der Waals surface area contributed by atoms with Crippen molar-refractivity contribution in [2.45, 2.75) is 30.5 Å². The maximum Gasteiger partial charge on any atom is 0.121 e. The maximum absolute atomic E-state index is 8.77. The first-order chi connectivity index (χ1) is 6.44. The first-order valence-corrected chi connectivity index (χ1v) is 5.09. The van der Waals surface area contributed by atoms with Gasteiger partial charge in [-0.1, -0.05) is 32.5 Å². The van der Waals surface area contributed by atoms with Gasteiger partial charge in [0, 0.05) is 10.9 Å². The Kier molecular flexibility index (Phi) is 3.02. The number of pyridine rings is 1. The molecule has 0 aliphatic carbocycles. The fourth-order valence-electron chi connectivity index (χ4n) is 0.923. The molecule has 0 saturated carbocycles. The SMILES string of the molecule is CC(C)(C)Sc1nccc(C#N)c1N. The Morgan fingerprint density at radius 3 is 2.64 bits per heavy atom. The van der Waals surface area contributed by atoms with Crippen LogP contribution in [0.5, 0.6) is 0 Å². The quantitative estimate of drug-likeness (QED) is 0.718. The van der Waals surface area contributed by atoms with E-state index < -0.39 is 0 Å². The molecule has 1 aromatic heterocycles. The Hall–Kier alpha value is -1.21. The molecule has 74 valence electrons. The average molecular weight is 207 g/mol. The van der Waals surface area contributed by atoms with Crippen molar-refractivity contribution in [3.8, 4) is 6.07 Å². The van der Waals surface area contributed by atoms with Crippen molar-refractivity contribution in [3.05, 3.63) is 17.8 Å². The van der Waals surface area contributed by atoms with Gasteiger partial charge in [0.15, 0.2) is 0 Å². The number of hydrogen-bond acceptors (Lipinski definition) is 4. The van der Waals surface area contributed by atoms with Gasteiger partial charge in [0.05, 0.1) is 11.3 Å². The molecule has 0 aliphatic rings. The second-order valence-corrected chi connectivity index (χ2v) is 5.72. The molecule has 0 bridgehead atoms. The van der Waals surface area contributed by atoms with Crippen LogP contribution in [0.3, 0.4) is 0 Å². The second-order valence-electron chi connectivity index (χ2n) is 3.90. The number of nitrogen functional groups attached to an aromatic ring is 1. The predicted octanol–water partition coefficient (Wildman–Crippen LogP) is 2.43. The molecule has 1 aromatic rings. The third-order valence-electron chi connectivity index (χ3n) is 1.48. The summed E-state index contributed by atoms with van der Waals surface area (Å²) >= 11 is 1.57. The summed E-state index contributed by atoms with van der Waals surface area (Å²) in [5, 5.41) is 9.51. The van der Waals surface area contributed by atoms with Crippen molar-refractivity contribution in [1.82, 2.24) is 4.98 Å². The largest absolute Gasteiger partial charge is 0.395 e. The van der Waals surface area contributed by atoms with E-state index in [0.29, 0.717) is 11.3 Å². The number of rotatable bonds is 1. The number of aromatic nitrogens is 1. The van der Waals surface area contributed by atoms with Crippen LogP contribution in [0.1, 0.15) is 26.3 Å². The minimum atomic E-state index is 0.0508. The fraction of sp³-hybridized carbons (Fsp3) is 0.400. The molecule has 0 atom stereocenters. The molecule has 1 heterocycles. The van der Waals surface area contributed by atoms with Gasteiger partial charge in [-0.3, -0.25) is 0 Å². The molecule has 4 heteroatoms. The normalized spacial score (nSPS) is 11.0. The highest BCUT2D eigenvalue weighted by Crippen LogP contribution is 2.34. The first-order valence-electron chi connectivity index (χ1n) is 4.27. The van der Waals surface area contributed by atoms with E-state index in [-0.39, 0.29) is 4.75 Å². The van der Waals surface area contributed by atoms with Gasteiger partial charge in [-0.25, -0.2) is 4.98 Å². The number of nitrogens with two attached hydrogens (primary N) is 1. The van der Waals surface area contributed by atoms with Crippen LogP contribution < -0.4 is 5.73 Å². The molecule has 14 heavy (non-hydrogen) atoms. The fourth-order valence-corrected chi connectivity index (χ4v) is 1.84. The lowest BCUT2D eigenvalue weighted by molar-refractivity contribution is 0.799. The van der Waals surface area contributed by atoms with Gasteiger partial charge in [0.2, 0.25) is 0 Å². The zero-order chi connectivity index (χ0) is 10.8. The number of thioether (sulfide) groups is 1. The van der Waals surface area contributed by atoms with E-state index in [1.54, 1.807) is 24.0 Å². The van der Waals surface area contributed by atoms with Crippen molar-refractivity contribution in [2.24, 2.45) is 0 Å². The Bertz CT molecular complexity index is 374. The Balaban J connectivity index is 3.06. The van der Waals surface area contributed by atoms with Crippen LogP contribution in [0, 0.1) is 11.3 Å². The number of anilines is 1. The van der Waals surface area contributed by atoms with E-state index in [9.17, 15) is 0 Å². The summed E-state index contributed by atoms with van der Waals surface area (Å²) in [4.78, 5) is 4.16. The van der Waals surface area contributed by atoms with Crippen LogP contribution in [-0.4, -0.2) is 9.73 Å². The van der Waals surface area contributed by atoms with Crippen molar-refractivity contribution in [2.75, 3.05) is 5.73 Å². The molecular weight excluding hydrogens is 194 g/mol. The summed E-state index contributed by atoms with van der Waals surface area (Å²) in [6.45, 7) is 6.24. The summed E-state index contributed by atoms with van der Waals surface area (Å²) in [7, 11) is 0. The van der Waals surface area contributed by atoms with Gasteiger partial charge in [-0.05, 0) is 6.07 Å². The molecule has 0 aromatic carbocycles. The average Bonchev–Trinajstić information content (AvgIpc) is 2.06. The van der Waals surface area contributed by atoms with Gasteiger partial charge < -0.3 is 5.73 Å². The summed E-state index contributed by atoms with van der Waals surface area (Å²) in [6, 6.07) is 3.67. The van der Waals surface area contributed by atoms with Crippen molar-refractivity contribution >= 4 is 17.4 Å². The number of hydrogen-bond donors (Lipinski definition) is 1. The smallest absolute Gasteiger partial charge is 0.121 e. The van der Waals surface area contributed by atoms with Gasteiger partial charge >= 0.3 is 0 Å². The van der Waals surface area contributed by atoms with Crippen LogP contribution in [0.15, 0.2) is 17.3 Å². The van der Waals surface area contributed by atoms with Crippen LogP contribution in [-0.2, 0) is 0 Å². The lowest BCUT2D eigenvalue weighted by atomic mass is 10.2. The summed E-state index contributed by atoms with van der Waals surface area (Å²) < 4.78 is 0.0508. The summed E-state index contributed by atoms with van der Waals surface area (Å²) in [5.74, 6) is 0. The van der Waals surface area contributed by atoms with Crippen LogP contribution in [0.2, 0.25) is 0 Å². The second kappa shape index (κ2) is 3.89. The molecule has 2 N–H and O–H groups in total. The standard InChI is InChI=1S/C10H13N3S/c1-10(2,3)14-9-8(12)7(6-11)4-5-13-9/h4-5H,12H2,1-3H3. The molecule has 0 spiro atoms. The summed E-state index contributed by atoms with van der Waals surface area (Å²) in [6.07, 6.45) is 1.61.